The van der Waals surface area contributed by atoms with Crippen molar-refractivity contribution in [1.82, 2.24) is 4.31 Å². The Kier molecular flexibility index (Phi) is 7.42. The van der Waals surface area contributed by atoms with E-state index in [0.717, 1.165) is 5.56 Å². The molecule has 0 bridgehead atoms. The van der Waals surface area contributed by atoms with Gasteiger partial charge in [-0.1, -0.05) is 44.2 Å². The fraction of sp³-hybridized carbons (Fsp3) is 0.400. The summed E-state index contributed by atoms with van der Waals surface area (Å²) in [5.41, 5.74) is 12.7. The Labute approximate surface area is 166 Å². The number of benzene rings is 2. The van der Waals surface area contributed by atoms with Crippen LogP contribution in [0.25, 0.3) is 0 Å². The summed E-state index contributed by atoms with van der Waals surface area (Å²) in [5.74, 6) is -0.138. The second-order valence-electron chi connectivity index (χ2n) is 7.36. The van der Waals surface area contributed by atoms with Gasteiger partial charge in [0.15, 0.2) is 0 Å². The van der Waals surface area contributed by atoms with Crippen LogP contribution >= 0.6 is 0 Å². The molecule has 2 unspecified atom stereocenters. The van der Waals surface area contributed by atoms with E-state index in [4.69, 9.17) is 11.5 Å². The molecule has 0 fully saturated rings. The molecule has 0 heterocycles. The Hall–Kier alpha value is -2.13. The van der Waals surface area contributed by atoms with Gasteiger partial charge in [0.25, 0.3) is 0 Å². The number of anilines is 1. The van der Waals surface area contributed by atoms with Crippen LogP contribution in [0.1, 0.15) is 19.4 Å². The Morgan fingerprint density at radius 1 is 1.07 bits per heavy atom. The number of rotatable bonds is 9. The summed E-state index contributed by atoms with van der Waals surface area (Å²) in [5, 5.41) is 20.1. The highest BCUT2D eigenvalue weighted by Gasteiger charge is 2.29. The fourth-order valence-electron chi connectivity index (χ4n) is 2.89. The molecule has 0 aliphatic heterocycles. The van der Waals surface area contributed by atoms with Crippen LogP contribution in [0.5, 0.6) is 5.75 Å². The van der Waals surface area contributed by atoms with Crippen molar-refractivity contribution in [1.29, 1.82) is 0 Å². The lowest BCUT2D eigenvalue weighted by Gasteiger charge is -2.29. The minimum atomic E-state index is -3.91. The van der Waals surface area contributed by atoms with Crippen molar-refractivity contribution >= 4 is 15.7 Å². The average molecular weight is 408 g/mol. The maximum absolute atomic E-state index is 13.1. The molecule has 0 saturated carbocycles. The van der Waals surface area contributed by atoms with E-state index in [1.165, 1.54) is 22.5 Å². The van der Waals surface area contributed by atoms with Gasteiger partial charge in [-0.25, -0.2) is 8.42 Å². The molecule has 8 heteroatoms. The molecule has 0 aliphatic rings. The Morgan fingerprint density at radius 2 is 1.71 bits per heavy atom. The second kappa shape index (κ2) is 9.38. The van der Waals surface area contributed by atoms with Gasteiger partial charge in [-0.2, -0.15) is 4.31 Å². The first kappa shape index (κ1) is 22.2. The molecule has 154 valence electrons. The fourth-order valence-corrected chi connectivity index (χ4v) is 4.54. The van der Waals surface area contributed by atoms with Crippen molar-refractivity contribution in [2.75, 3.05) is 18.8 Å². The van der Waals surface area contributed by atoms with E-state index in [1.807, 2.05) is 44.2 Å². The smallest absolute Gasteiger partial charge is 0.243 e. The predicted octanol–water partition coefficient (Wildman–Crippen LogP) is 1.55. The Balaban J connectivity index is 2.21. The molecule has 0 aromatic heterocycles. The zero-order chi connectivity index (χ0) is 20.9. The van der Waals surface area contributed by atoms with Crippen LogP contribution in [0.4, 0.5) is 5.69 Å². The third-order valence-corrected chi connectivity index (χ3v) is 6.23. The summed E-state index contributed by atoms with van der Waals surface area (Å²) in [6, 6.07) is 12.6. The van der Waals surface area contributed by atoms with Crippen molar-refractivity contribution in [3.8, 4) is 5.75 Å². The number of hydrogen-bond acceptors (Lipinski definition) is 6. The number of aliphatic hydroxyl groups excluding tert-OH is 1. The topological polar surface area (TPSA) is 130 Å². The summed E-state index contributed by atoms with van der Waals surface area (Å²) in [4.78, 5) is -0.0349. The van der Waals surface area contributed by atoms with Crippen LogP contribution < -0.4 is 11.5 Å². The van der Waals surface area contributed by atoms with Gasteiger partial charge < -0.3 is 21.7 Å². The molecule has 6 N–H and O–H groups in total. The van der Waals surface area contributed by atoms with Gasteiger partial charge in [-0.3, -0.25) is 0 Å². The highest BCUT2D eigenvalue weighted by atomic mass is 32.2. The first-order valence-electron chi connectivity index (χ1n) is 9.17. The minimum absolute atomic E-state index is 0.0214. The van der Waals surface area contributed by atoms with Crippen LogP contribution in [-0.4, -0.2) is 48.2 Å². The molecule has 0 saturated heterocycles. The van der Waals surface area contributed by atoms with E-state index in [9.17, 15) is 18.6 Å². The summed E-state index contributed by atoms with van der Waals surface area (Å²) in [6.07, 6.45) is -0.604. The highest BCUT2D eigenvalue weighted by molar-refractivity contribution is 7.89. The summed E-state index contributed by atoms with van der Waals surface area (Å²) >= 11 is 0. The monoisotopic (exact) mass is 407 g/mol. The third-order valence-electron chi connectivity index (χ3n) is 4.40. The molecular formula is C20H29N3O4S. The molecule has 0 aliphatic carbocycles. The number of sulfonamides is 1. The summed E-state index contributed by atoms with van der Waals surface area (Å²) in [7, 11) is -3.91. The van der Waals surface area contributed by atoms with Crippen molar-refractivity contribution in [3.63, 3.8) is 0 Å². The highest BCUT2D eigenvalue weighted by Crippen LogP contribution is 2.26. The number of nitrogens with two attached hydrogens (primary N) is 2. The van der Waals surface area contributed by atoms with Crippen LogP contribution in [0.3, 0.4) is 0 Å². The van der Waals surface area contributed by atoms with E-state index < -0.39 is 22.2 Å². The van der Waals surface area contributed by atoms with Gasteiger partial charge in [0, 0.05) is 19.1 Å². The molecule has 2 rings (SSSR count). The van der Waals surface area contributed by atoms with Crippen LogP contribution in [0, 0.1) is 5.92 Å². The standard InChI is InChI=1S/C20H29N3O4S/c1-14(2)12-23(28(26,27)16-8-9-19(24)18(22)11-16)13-20(25)17(21)10-15-6-4-3-5-7-15/h3-9,11,14,17,20,24-25H,10,12-13,21-22H2,1-2H3. The maximum Gasteiger partial charge on any atom is 0.243 e. The minimum Gasteiger partial charge on any atom is -0.506 e. The van der Waals surface area contributed by atoms with Crippen LogP contribution in [-0.2, 0) is 16.4 Å². The molecule has 0 amide bonds. The van der Waals surface area contributed by atoms with Gasteiger partial charge in [-0.05, 0) is 36.1 Å². The summed E-state index contributed by atoms with van der Waals surface area (Å²) in [6.45, 7) is 3.88. The van der Waals surface area contributed by atoms with Gasteiger partial charge in [0.2, 0.25) is 10.0 Å². The van der Waals surface area contributed by atoms with E-state index in [1.54, 1.807) is 0 Å². The first-order chi connectivity index (χ1) is 13.1. The van der Waals surface area contributed by atoms with Crippen LogP contribution in [0.2, 0.25) is 0 Å². The Morgan fingerprint density at radius 3 is 2.29 bits per heavy atom. The van der Waals surface area contributed by atoms with E-state index in [-0.39, 0.29) is 35.3 Å². The van der Waals surface area contributed by atoms with Crippen LogP contribution in [0.15, 0.2) is 53.4 Å². The van der Waals surface area contributed by atoms with Gasteiger partial charge in [0.1, 0.15) is 5.75 Å². The maximum atomic E-state index is 13.1. The lowest BCUT2D eigenvalue weighted by Crippen LogP contribution is -2.47. The van der Waals surface area contributed by atoms with Crippen molar-refractivity contribution in [2.24, 2.45) is 11.7 Å². The van der Waals surface area contributed by atoms with Crippen molar-refractivity contribution in [2.45, 2.75) is 37.3 Å². The molecular weight excluding hydrogens is 378 g/mol. The number of aromatic hydroxyl groups is 1. The summed E-state index contributed by atoms with van der Waals surface area (Å²) < 4.78 is 27.4. The zero-order valence-electron chi connectivity index (χ0n) is 16.2. The number of nitrogens with zero attached hydrogens (tertiary/aromatic N) is 1. The van der Waals surface area contributed by atoms with Crippen molar-refractivity contribution in [3.05, 3.63) is 54.1 Å². The first-order valence-corrected chi connectivity index (χ1v) is 10.6. The number of nitrogen functional groups attached to an aromatic ring is 1. The number of hydrogen-bond donors (Lipinski definition) is 4. The number of aliphatic hydroxyl groups is 1. The molecule has 2 aromatic rings. The van der Waals surface area contributed by atoms with E-state index in [0.29, 0.717) is 6.42 Å². The zero-order valence-corrected chi connectivity index (χ0v) is 17.0. The lowest BCUT2D eigenvalue weighted by atomic mass is 10.0. The van der Waals surface area contributed by atoms with E-state index in [2.05, 4.69) is 0 Å². The molecule has 7 nitrogen and oxygen atoms in total. The second-order valence-corrected chi connectivity index (χ2v) is 9.30. The van der Waals surface area contributed by atoms with E-state index >= 15 is 0 Å². The molecule has 0 radical (unpaired) electrons. The van der Waals surface area contributed by atoms with Gasteiger partial charge in [-0.15, -0.1) is 0 Å². The van der Waals surface area contributed by atoms with Gasteiger partial charge >= 0.3 is 0 Å². The lowest BCUT2D eigenvalue weighted by molar-refractivity contribution is 0.116. The largest absolute Gasteiger partial charge is 0.506 e. The third kappa shape index (κ3) is 5.68. The predicted molar refractivity (Wildman–Crippen MR) is 110 cm³/mol. The number of phenolic OH excluding ortho intramolecular Hbond substituents is 1. The molecule has 2 aromatic carbocycles. The van der Waals surface area contributed by atoms with Crippen molar-refractivity contribution < 1.29 is 18.6 Å². The quantitative estimate of drug-likeness (QED) is 0.369. The molecule has 28 heavy (non-hydrogen) atoms. The number of phenols is 1. The average Bonchev–Trinajstić information content (AvgIpc) is 2.63. The molecule has 2 atom stereocenters. The SMILES string of the molecule is CC(C)CN(CC(O)C(N)Cc1ccccc1)S(=O)(=O)c1ccc(O)c(N)c1. The molecule has 0 spiro atoms. The van der Waals surface area contributed by atoms with Gasteiger partial charge in [0.05, 0.1) is 16.7 Å². The normalized spacial score (nSPS) is 14.4. The Bertz CT molecular complexity index is 872.